The van der Waals surface area contributed by atoms with Gasteiger partial charge in [-0.15, -0.1) is 0 Å². The molecule has 0 atom stereocenters. The molecule has 1 aliphatic rings. The maximum atomic E-state index is 12.9. The van der Waals surface area contributed by atoms with Gasteiger partial charge in [-0.25, -0.2) is 4.99 Å². The van der Waals surface area contributed by atoms with Crippen LogP contribution in [0, 0.1) is 10.1 Å². The number of hydrogen-bond donors (Lipinski definition) is 0. The predicted octanol–water partition coefficient (Wildman–Crippen LogP) is 5.87. The molecule has 1 aliphatic heterocycles. The van der Waals surface area contributed by atoms with Crippen LogP contribution < -0.4 is 0 Å². The number of amidine groups is 1. The minimum absolute atomic E-state index is 0.0202. The monoisotopic (exact) mass is 433 g/mol. The summed E-state index contributed by atoms with van der Waals surface area (Å²) in [4.78, 5) is 30.2. The summed E-state index contributed by atoms with van der Waals surface area (Å²) in [5.74, 6) is 0.997. The van der Waals surface area contributed by atoms with Crippen LogP contribution >= 0.6 is 11.8 Å². The van der Waals surface area contributed by atoms with Crippen molar-refractivity contribution < 1.29 is 14.1 Å². The van der Waals surface area contributed by atoms with E-state index >= 15 is 0 Å². The van der Waals surface area contributed by atoms with E-state index in [0.29, 0.717) is 28.1 Å². The fourth-order valence-corrected chi connectivity index (χ4v) is 4.09. The molecular weight excluding hydrogens is 414 g/mol. The first-order valence-corrected chi connectivity index (χ1v) is 10.6. The molecule has 0 N–H and O–H groups in total. The molecule has 156 valence electrons. The third-order valence-corrected chi connectivity index (χ3v) is 5.59. The number of nitro benzene ring substituents is 1. The summed E-state index contributed by atoms with van der Waals surface area (Å²) < 4.78 is 5.86. The molecule has 0 saturated carbocycles. The third kappa shape index (κ3) is 4.59. The highest BCUT2D eigenvalue weighted by atomic mass is 32.2. The van der Waals surface area contributed by atoms with E-state index in [1.54, 1.807) is 35.2 Å². The maximum absolute atomic E-state index is 12.9. The number of thioether (sulfide) groups is 1. The van der Waals surface area contributed by atoms with Gasteiger partial charge in [-0.3, -0.25) is 19.8 Å². The molecule has 1 aromatic heterocycles. The van der Waals surface area contributed by atoms with Crippen molar-refractivity contribution in [1.82, 2.24) is 4.90 Å². The summed E-state index contributed by atoms with van der Waals surface area (Å²) in [6.45, 7) is 2.60. The number of aliphatic imine (C=N–C) groups is 1. The van der Waals surface area contributed by atoms with E-state index in [1.807, 2.05) is 37.3 Å². The van der Waals surface area contributed by atoms with Gasteiger partial charge < -0.3 is 4.42 Å². The molecule has 1 saturated heterocycles. The second-order valence-electron chi connectivity index (χ2n) is 6.80. The highest BCUT2D eigenvalue weighted by Crippen LogP contribution is 2.35. The fourth-order valence-electron chi connectivity index (χ4n) is 3.09. The second kappa shape index (κ2) is 9.01. The first-order valence-electron chi connectivity index (χ1n) is 9.75. The number of nitro groups is 1. The van der Waals surface area contributed by atoms with Gasteiger partial charge in [0.2, 0.25) is 0 Å². The van der Waals surface area contributed by atoms with E-state index in [-0.39, 0.29) is 11.6 Å². The standard InChI is InChI=1S/C23H19N3O4S/c1-2-14-25-22(27)21(31-23(25)24-17-6-4-3-5-7-17)15-19-12-13-20(30-19)16-8-10-18(11-9-16)26(28)29/h3-13,15H,2,14H2,1H3/b21-15+,24-23?. The van der Waals surface area contributed by atoms with Crippen molar-refractivity contribution in [1.29, 1.82) is 0 Å². The van der Waals surface area contributed by atoms with Crippen LogP contribution in [-0.4, -0.2) is 27.4 Å². The average Bonchev–Trinajstić information content (AvgIpc) is 3.35. The molecule has 8 heteroatoms. The number of furan rings is 1. The molecule has 3 aromatic rings. The van der Waals surface area contributed by atoms with Crippen molar-refractivity contribution >= 4 is 40.3 Å². The van der Waals surface area contributed by atoms with Crippen LogP contribution in [0.1, 0.15) is 19.1 Å². The molecule has 0 bridgehead atoms. The lowest BCUT2D eigenvalue weighted by Gasteiger charge is -2.13. The summed E-state index contributed by atoms with van der Waals surface area (Å²) in [6.07, 6.45) is 2.52. The van der Waals surface area contributed by atoms with Crippen LogP contribution in [0.4, 0.5) is 11.4 Å². The van der Waals surface area contributed by atoms with Gasteiger partial charge in [0.05, 0.1) is 15.5 Å². The Labute approximate surface area is 183 Å². The summed E-state index contributed by atoms with van der Waals surface area (Å²) >= 11 is 1.32. The second-order valence-corrected chi connectivity index (χ2v) is 7.81. The number of amides is 1. The first-order chi connectivity index (χ1) is 15.0. The van der Waals surface area contributed by atoms with Crippen molar-refractivity contribution in [3.8, 4) is 11.3 Å². The molecule has 4 rings (SSSR count). The fraction of sp³-hybridized carbons (Fsp3) is 0.130. The quantitative estimate of drug-likeness (QED) is 0.276. The summed E-state index contributed by atoms with van der Waals surface area (Å²) in [6, 6.07) is 19.2. The number of hydrogen-bond acceptors (Lipinski definition) is 6. The Hall–Kier alpha value is -3.65. The summed E-state index contributed by atoms with van der Waals surface area (Å²) in [5.41, 5.74) is 1.53. The molecule has 0 unspecified atom stereocenters. The lowest BCUT2D eigenvalue weighted by atomic mass is 10.1. The number of rotatable bonds is 6. The number of para-hydroxylation sites is 1. The van der Waals surface area contributed by atoms with E-state index < -0.39 is 4.92 Å². The van der Waals surface area contributed by atoms with Crippen LogP contribution in [0.3, 0.4) is 0 Å². The van der Waals surface area contributed by atoms with E-state index in [4.69, 9.17) is 4.42 Å². The van der Waals surface area contributed by atoms with Gasteiger partial charge >= 0.3 is 0 Å². The lowest BCUT2D eigenvalue weighted by molar-refractivity contribution is -0.384. The molecule has 2 aromatic carbocycles. The Morgan fingerprint density at radius 1 is 1.10 bits per heavy atom. The molecule has 0 aliphatic carbocycles. The van der Waals surface area contributed by atoms with E-state index in [9.17, 15) is 14.9 Å². The Kier molecular flexibility index (Phi) is 5.99. The maximum Gasteiger partial charge on any atom is 0.269 e. The molecule has 7 nitrogen and oxygen atoms in total. The molecule has 2 heterocycles. The van der Waals surface area contributed by atoms with Gasteiger partial charge in [0.25, 0.3) is 11.6 Å². The minimum atomic E-state index is -0.443. The Morgan fingerprint density at radius 3 is 2.52 bits per heavy atom. The number of carbonyl (C=O) groups is 1. The van der Waals surface area contributed by atoms with Gasteiger partial charge in [0.15, 0.2) is 5.17 Å². The van der Waals surface area contributed by atoms with Crippen molar-refractivity contribution in [3.05, 3.63) is 87.5 Å². The molecule has 0 radical (unpaired) electrons. The Bertz CT molecular complexity index is 1170. The number of nitrogens with zero attached hydrogens (tertiary/aromatic N) is 3. The van der Waals surface area contributed by atoms with Crippen molar-refractivity contribution in [2.45, 2.75) is 13.3 Å². The SMILES string of the molecule is CCCN1C(=O)/C(=C\c2ccc(-c3ccc([N+](=O)[O-])cc3)o2)SC1=Nc1ccccc1. The Balaban J connectivity index is 1.59. The molecule has 1 fully saturated rings. The van der Waals surface area contributed by atoms with Gasteiger partial charge in [0.1, 0.15) is 11.5 Å². The van der Waals surface area contributed by atoms with E-state index in [2.05, 4.69) is 4.99 Å². The van der Waals surface area contributed by atoms with Crippen LogP contribution in [0.2, 0.25) is 0 Å². The van der Waals surface area contributed by atoms with Crippen molar-refractivity contribution in [2.24, 2.45) is 4.99 Å². The molecule has 31 heavy (non-hydrogen) atoms. The highest BCUT2D eigenvalue weighted by molar-refractivity contribution is 8.18. The van der Waals surface area contributed by atoms with Gasteiger partial charge in [-0.1, -0.05) is 25.1 Å². The zero-order chi connectivity index (χ0) is 21.8. The Morgan fingerprint density at radius 2 is 1.84 bits per heavy atom. The molecule has 1 amide bonds. The van der Waals surface area contributed by atoms with Crippen LogP contribution in [0.25, 0.3) is 17.4 Å². The molecule has 0 spiro atoms. The number of benzene rings is 2. The van der Waals surface area contributed by atoms with Crippen LogP contribution in [-0.2, 0) is 4.79 Å². The molecular formula is C23H19N3O4S. The first kappa shape index (κ1) is 20.6. The largest absolute Gasteiger partial charge is 0.457 e. The topological polar surface area (TPSA) is 89.0 Å². The summed E-state index contributed by atoms with van der Waals surface area (Å²) in [7, 11) is 0. The zero-order valence-electron chi connectivity index (χ0n) is 16.7. The van der Waals surface area contributed by atoms with Crippen LogP contribution in [0.5, 0.6) is 0 Å². The van der Waals surface area contributed by atoms with E-state index in [0.717, 1.165) is 17.7 Å². The van der Waals surface area contributed by atoms with Crippen LogP contribution in [0.15, 0.2) is 81.0 Å². The number of carbonyl (C=O) groups excluding carboxylic acids is 1. The predicted molar refractivity (Wildman–Crippen MR) is 122 cm³/mol. The normalized spacial score (nSPS) is 16.4. The van der Waals surface area contributed by atoms with Crippen molar-refractivity contribution in [2.75, 3.05) is 6.54 Å². The van der Waals surface area contributed by atoms with Gasteiger partial charge in [-0.2, -0.15) is 0 Å². The van der Waals surface area contributed by atoms with E-state index in [1.165, 1.54) is 23.9 Å². The summed E-state index contributed by atoms with van der Waals surface area (Å²) in [5, 5.41) is 11.5. The van der Waals surface area contributed by atoms with Crippen molar-refractivity contribution in [3.63, 3.8) is 0 Å². The average molecular weight is 433 g/mol. The van der Waals surface area contributed by atoms with Gasteiger partial charge in [-0.05, 0) is 54.6 Å². The smallest absolute Gasteiger partial charge is 0.269 e. The lowest BCUT2D eigenvalue weighted by Crippen LogP contribution is -2.29. The number of non-ortho nitro benzene ring substituents is 1. The third-order valence-electron chi connectivity index (χ3n) is 4.58. The van der Waals surface area contributed by atoms with Gasteiger partial charge in [0, 0.05) is 30.3 Å². The minimum Gasteiger partial charge on any atom is -0.457 e. The highest BCUT2D eigenvalue weighted by Gasteiger charge is 2.33. The zero-order valence-corrected chi connectivity index (χ0v) is 17.5.